The number of nitroso groups, excluding NO2 is 1. The first-order chi connectivity index (χ1) is 17.3. The number of carboxylic acids is 1. The second-order valence-corrected chi connectivity index (χ2v) is 8.49. The van der Waals surface area contributed by atoms with Crippen molar-refractivity contribution in [3.05, 3.63) is 134 Å². The van der Waals surface area contributed by atoms with E-state index < -0.39 is 29.6 Å². The average Bonchev–Trinajstić information content (AvgIpc) is 2.87. The minimum absolute atomic E-state index is 0.0942. The predicted molar refractivity (Wildman–Crippen MR) is 132 cm³/mol. The van der Waals surface area contributed by atoms with Gasteiger partial charge in [-0.05, 0) is 58.5 Å². The second kappa shape index (κ2) is 10.4. The molecule has 1 heterocycles. The summed E-state index contributed by atoms with van der Waals surface area (Å²) in [6.45, 7) is 0. The molecule has 0 bridgehead atoms. The molecule has 2 unspecified atom stereocenters. The van der Waals surface area contributed by atoms with Crippen LogP contribution in [0.25, 0.3) is 11.1 Å². The minimum Gasteiger partial charge on any atom is -0.478 e. The first kappa shape index (κ1) is 24.7. The van der Waals surface area contributed by atoms with Crippen LogP contribution in [0.15, 0.2) is 95.0 Å². The van der Waals surface area contributed by atoms with Gasteiger partial charge in [0, 0.05) is 31.3 Å². The number of nitrogens with zero attached hydrogens (tertiary/aromatic N) is 2. The van der Waals surface area contributed by atoms with Crippen LogP contribution in [-0.4, -0.2) is 15.6 Å². The quantitative estimate of drug-likeness (QED) is 0.306. The van der Waals surface area contributed by atoms with E-state index in [1.165, 1.54) is 47.2 Å². The van der Waals surface area contributed by atoms with Crippen molar-refractivity contribution in [2.24, 2.45) is 12.2 Å². The molecule has 1 aromatic heterocycles. The van der Waals surface area contributed by atoms with Gasteiger partial charge >= 0.3 is 5.97 Å². The first-order valence-electron chi connectivity index (χ1n) is 11.1. The standard InChI is InChI=1S/C28H22F2N2O4/c1-32-16-21(10-13-27(32)33)26(31-36)15-24(23-12-11-22(29)14-25(23)30)19-6-2-17(3-7-19)18-4-8-20(9-5-18)28(34)35/h2-14,16,24,26H,15H2,1H3,(H,34,35). The Morgan fingerprint density at radius 1 is 0.917 bits per heavy atom. The van der Waals surface area contributed by atoms with E-state index in [0.29, 0.717) is 11.1 Å². The van der Waals surface area contributed by atoms with Crippen LogP contribution in [0.2, 0.25) is 0 Å². The molecule has 3 aromatic carbocycles. The summed E-state index contributed by atoms with van der Waals surface area (Å²) in [6.07, 6.45) is 1.62. The largest absolute Gasteiger partial charge is 0.478 e. The monoisotopic (exact) mass is 488 g/mol. The molecule has 0 spiro atoms. The molecule has 182 valence electrons. The Labute approximate surface area is 205 Å². The number of hydrogen-bond donors (Lipinski definition) is 1. The number of pyridine rings is 1. The van der Waals surface area contributed by atoms with Crippen LogP contribution < -0.4 is 5.56 Å². The molecule has 0 amide bonds. The minimum atomic E-state index is -1.02. The Morgan fingerprint density at radius 2 is 1.53 bits per heavy atom. The average molecular weight is 488 g/mol. The number of aryl methyl sites for hydroxylation is 1. The van der Waals surface area contributed by atoms with E-state index in [1.54, 1.807) is 31.3 Å². The third-order valence-corrected chi connectivity index (χ3v) is 6.20. The van der Waals surface area contributed by atoms with Crippen molar-refractivity contribution in [2.45, 2.75) is 18.4 Å². The van der Waals surface area contributed by atoms with Gasteiger partial charge in [-0.3, -0.25) is 4.79 Å². The van der Waals surface area contributed by atoms with Crippen molar-refractivity contribution in [2.75, 3.05) is 0 Å². The van der Waals surface area contributed by atoms with Gasteiger partial charge in [0.05, 0.1) is 5.56 Å². The van der Waals surface area contributed by atoms with Crippen LogP contribution in [0.1, 0.15) is 45.4 Å². The van der Waals surface area contributed by atoms with Crippen molar-refractivity contribution in [1.82, 2.24) is 4.57 Å². The number of aromatic nitrogens is 1. The van der Waals surface area contributed by atoms with Gasteiger partial charge in [-0.25, -0.2) is 13.6 Å². The molecule has 4 rings (SSSR count). The number of carboxylic acid groups (broad SMARTS) is 1. The molecule has 0 saturated heterocycles. The molecule has 1 N–H and O–H groups in total. The van der Waals surface area contributed by atoms with E-state index in [0.717, 1.165) is 17.2 Å². The van der Waals surface area contributed by atoms with Crippen molar-refractivity contribution in [3.8, 4) is 11.1 Å². The van der Waals surface area contributed by atoms with E-state index in [2.05, 4.69) is 5.18 Å². The third-order valence-electron chi connectivity index (χ3n) is 6.20. The molecule has 36 heavy (non-hydrogen) atoms. The van der Waals surface area contributed by atoms with Crippen LogP contribution in [0, 0.1) is 16.5 Å². The van der Waals surface area contributed by atoms with Crippen molar-refractivity contribution < 1.29 is 18.7 Å². The third kappa shape index (κ3) is 5.27. The van der Waals surface area contributed by atoms with Gasteiger partial charge in [-0.15, -0.1) is 0 Å². The Bertz CT molecular complexity index is 1460. The van der Waals surface area contributed by atoms with Gasteiger partial charge in [0.25, 0.3) is 0 Å². The number of halogens is 2. The highest BCUT2D eigenvalue weighted by atomic mass is 19.1. The molecule has 0 radical (unpaired) electrons. The summed E-state index contributed by atoms with van der Waals surface area (Å²) >= 11 is 0. The van der Waals surface area contributed by atoms with E-state index in [1.807, 2.05) is 12.1 Å². The van der Waals surface area contributed by atoms with Crippen molar-refractivity contribution >= 4 is 5.97 Å². The topological polar surface area (TPSA) is 88.7 Å². The lowest BCUT2D eigenvalue weighted by Gasteiger charge is -2.22. The molecule has 0 saturated carbocycles. The lowest BCUT2D eigenvalue weighted by Crippen LogP contribution is -2.16. The summed E-state index contributed by atoms with van der Waals surface area (Å²) in [5.74, 6) is -3.09. The lowest BCUT2D eigenvalue weighted by atomic mass is 9.83. The fourth-order valence-corrected chi connectivity index (χ4v) is 4.22. The molecular formula is C28H22F2N2O4. The summed E-state index contributed by atoms with van der Waals surface area (Å²) in [5.41, 5.74) is 2.96. The molecule has 4 aromatic rings. The zero-order chi connectivity index (χ0) is 25.8. The summed E-state index contributed by atoms with van der Waals surface area (Å²) < 4.78 is 29.8. The molecule has 0 aliphatic heterocycles. The second-order valence-electron chi connectivity index (χ2n) is 8.49. The number of carbonyl (C=O) groups is 1. The Balaban J connectivity index is 1.71. The summed E-state index contributed by atoms with van der Waals surface area (Å²) in [4.78, 5) is 34.7. The van der Waals surface area contributed by atoms with Gasteiger partial charge in [0.15, 0.2) is 0 Å². The van der Waals surface area contributed by atoms with Gasteiger partial charge < -0.3 is 9.67 Å². The van der Waals surface area contributed by atoms with E-state index in [4.69, 9.17) is 5.11 Å². The van der Waals surface area contributed by atoms with Crippen LogP contribution in [0.4, 0.5) is 8.78 Å². The molecule has 6 nitrogen and oxygen atoms in total. The highest BCUT2D eigenvalue weighted by Gasteiger charge is 2.25. The molecular weight excluding hydrogens is 466 g/mol. The van der Waals surface area contributed by atoms with Crippen LogP contribution in [0.5, 0.6) is 0 Å². The summed E-state index contributed by atoms with van der Waals surface area (Å²) in [5, 5.41) is 12.3. The molecule has 0 aliphatic carbocycles. The molecule has 8 heteroatoms. The number of hydrogen-bond acceptors (Lipinski definition) is 4. The maximum absolute atomic E-state index is 14.9. The van der Waals surface area contributed by atoms with Gasteiger partial charge in [0.1, 0.15) is 17.7 Å². The number of rotatable bonds is 8. The highest BCUT2D eigenvalue weighted by molar-refractivity contribution is 5.88. The van der Waals surface area contributed by atoms with Crippen LogP contribution in [0.3, 0.4) is 0 Å². The Morgan fingerprint density at radius 3 is 2.08 bits per heavy atom. The van der Waals surface area contributed by atoms with Crippen molar-refractivity contribution in [3.63, 3.8) is 0 Å². The normalized spacial score (nSPS) is 12.6. The smallest absolute Gasteiger partial charge is 0.335 e. The zero-order valence-electron chi connectivity index (χ0n) is 19.3. The fourth-order valence-electron chi connectivity index (χ4n) is 4.22. The molecule has 0 fully saturated rings. The first-order valence-corrected chi connectivity index (χ1v) is 11.1. The molecule has 2 atom stereocenters. The van der Waals surface area contributed by atoms with E-state index >= 15 is 0 Å². The zero-order valence-corrected chi connectivity index (χ0v) is 19.3. The van der Waals surface area contributed by atoms with Crippen molar-refractivity contribution in [1.29, 1.82) is 0 Å². The van der Waals surface area contributed by atoms with E-state index in [-0.39, 0.29) is 23.1 Å². The summed E-state index contributed by atoms with van der Waals surface area (Å²) in [7, 11) is 1.56. The number of aromatic carboxylic acids is 1. The summed E-state index contributed by atoms with van der Waals surface area (Å²) in [6, 6.07) is 18.9. The SMILES string of the molecule is Cn1cc(C(CC(c2ccc(-c3ccc(C(=O)O)cc3)cc2)c2ccc(F)cc2F)N=O)ccc1=O. The lowest BCUT2D eigenvalue weighted by molar-refractivity contribution is 0.0697. The maximum atomic E-state index is 14.9. The fraction of sp³-hybridized carbons (Fsp3) is 0.143. The molecule has 0 aliphatic rings. The Hall–Kier alpha value is -4.46. The maximum Gasteiger partial charge on any atom is 0.335 e. The van der Waals surface area contributed by atoms with Gasteiger partial charge in [-0.1, -0.05) is 47.6 Å². The predicted octanol–water partition coefficient (Wildman–Crippen LogP) is 6.06. The van der Waals surface area contributed by atoms with Crippen LogP contribution in [-0.2, 0) is 7.05 Å². The van der Waals surface area contributed by atoms with Gasteiger partial charge in [-0.2, -0.15) is 4.91 Å². The Kier molecular flexibility index (Phi) is 7.15. The number of benzene rings is 3. The van der Waals surface area contributed by atoms with E-state index in [9.17, 15) is 23.3 Å². The van der Waals surface area contributed by atoms with Gasteiger partial charge in [0.2, 0.25) is 5.56 Å². The van der Waals surface area contributed by atoms with Crippen LogP contribution >= 0.6 is 0 Å². The highest BCUT2D eigenvalue weighted by Crippen LogP contribution is 2.37.